The summed E-state index contributed by atoms with van der Waals surface area (Å²) >= 11 is 13.6. The van der Waals surface area contributed by atoms with E-state index in [0.717, 1.165) is 97.0 Å². The molecule has 0 unspecified atom stereocenters. The minimum atomic E-state index is -0.233. The summed E-state index contributed by atoms with van der Waals surface area (Å²) in [5, 5.41) is 16.7. The van der Waals surface area contributed by atoms with Crippen molar-refractivity contribution in [2.45, 2.75) is 60.1 Å². The maximum Gasteiger partial charge on any atom is 0.166 e. The number of carbonyl (C=O) groups is 2. The minimum absolute atomic E-state index is 0.233. The summed E-state index contributed by atoms with van der Waals surface area (Å²) in [4.78, 5) is 27.7. The number of allylic oxidation sites excluding steroid dienone is 2. The Bertz CT molecular complexity index is 2550. The Morgan fingerprint density at radius 2 is 1.57 bits per heavy atom. The monoisotopic (exact) mass is 865 g/mol. The van der Waals surface area contributed by atoms with E-state index in [1.54, 1.807) is 5.01 Å². The Kier molecular flexibility index (Phi) is 15.9. The highest BCUT2D eigenvalue weighted by molar-refractivity contribution is 6.37. The first-order valence-electron chi connectivity index (χ1n) is 20.3. The van der Waals surface area contributed by atoms with Crippen LogP contribution in [0.15, 0.2) is 84.0 Å². The molecule has 0 saturated heterocycles. The van der Waals surface area contributed by atoms with Crippen molar-refractivity contribution in [1.82, 2.24) is 14.1 Å². The van der Waals surface area contributed by atoms with Gasteiger partial charge in [0.05, 0.1) is 45.4 Å². The number of nitrogens with zero attached hydrogens (tertiary/aromatic N) is 5. The van der Waals surface area contributed by atoms with Gasteiger partial charge in [0, 0.05) is 80.9 Å². The average molecular weight is 867 g/mol. The van der Waals surface area contributed by atoms with Crippen molar-refractivity contribution in [2.75, 3.05) is 46.3 Å². The number of benzene rings is 4. The van der Waals surface area contributed by atoms with Crippen LogP contribution in [0, 0.1) is 13.8 Å². The lowest BCUT2D eigenvalue weighted by Gasteiger charge is -2.28. The van der Waals surface area contributed by atoms with E-state index in [4.69, 9.17) is 42.9 Å². The summed E-state index contributed by atoms with van der Waals surface area (Å²) < 4.78 is 16.6. The molecule has 1 atom stereocenters. The van der Waals surface area contributed by atoms with Gasteiger partial charge in [0.15, 0.2) is 12.6 Å². The van der Waals surface area contributed by atoms with Crippen LogP contribution in [-0.4, -0.2) is 78.9 Å². The average Bonchev–Trinajstić information content (AvgIpc) is 3.75. The van der Waals surface area contributed by atoms with Gasteiger partial charge in [-0.25, -0.2) is 0 Å². The Hall–Kier alpha value is -5.55. The molecule has 0 aliphatic carbocycles. The molecule has 61 heavy (non-hydrogen) atoms. The molecular weight excluding hydrogens is 809 g/mol. The molecule has 6 rings (SSSR count). The molecule has 4 aromatic carbocycles. The summed E-state index contributed by atoms with van der Waals surface area (Å²) in [5.41, 5.74) is 10.2. The van der Waals surface area contributed by atoms with Crippen LogP contribution < -0.4 is 14.4 Å². The topological polar surface area (TPSA) is 102 Å². The number of hydrazone groups is 1. The summed E-state index contributed by atoms with van der Waals surface area (Å²) in [6.07, 6.45) is 5.14. The molecule has 0 amide bonds. The molecule has 2 heterocycles. The molecule has 0 spiro atoms. The van der Waals surface area contributed by atoms with Crippen molar-refractivity contribution < 1.29 is 24.2 Å². The molecule has 0 radical (unpaired) electrons. The Balaban J connectivity index is 0.00000347. The van der Waals surface area contributed by atoms with Crippen molar-refractivity contribution in [3.8, 4) is 11.5 Å². The minimum Gasteiger partial charge on any atom is -0.494 e. The van der Waals surface area contributed by atoms with E-state index in [9.17, 15) is 9.59 Å². The Morgan fingerprint density at radius 3 is 2.20 bits per heavy atom. The van der Waals surface area contributed by atoms with Gasteiger partial charge >= 0.3 is 0 Å². The highest BCUT2D eigenvalue weighted by Crippen LogP contribution is 2.41. The first kappa shape index (κ1) is 46.5. The van der Waals surface area contributed by atoms with Gasteiger partial charge in [-0.2, -0.15) is 5.10 Å². The van der Waals surface area contributed by atoms with Crippen molar-refractivity contribution in [1.29, 1.82) is 0 Å². The molecular formula is C49H57Cl2N5O5. The van der Waals surface area contributed by atoms with Crippen LogP contribution in [0.5, 0.6) is 11.5 Å². The lowest BCUT2D eigenvalue weighted by Crippen LogP contribution is -2.27. The number of hydrogen-bond acceptors (Lipinski definition) is 8. The maximum atomic E-state index is 13.4. The third-order valence-electron chi connectivity index (χ3n) is 10.8. The number of aldehydes is 2. The van der Waals surface area contributed by atoms with Crippen LogP contribution in [0.4, 0.5) is 5.69 Å². The molecule has 6 aromatic rings. The van der Waals surface area contributed by atoms with Crippen LogP contribution in [0.3, 0.4) is 0 Å². The number of rotatable bonds is 17. The normalized spacial score (nSPS) is 12.3. The van der Waals surface area contributed by atoms with Gasteiger partial charge in [-0.1, -0.05) is 65.7 Å². The van der Waals surface area contributed by atoms with Crippen molar-refractivity contribution in [2.24, 2.45) is 12.1 Å². The zero-order chi connectivity index (χ0) is 44.5. The number of ether oxygens (including phenoxy) is 2. The third-order valence-corrected chi connectivity index (χ3v) is 11.7. The number of likely N-dealkylation sites (N-methyl/N-ethyl adjacent to an activating group) is 1. The largest absolute Gasteiger partial charge is 0.494 e. The molecule has 0 bridgehead atoms. The lowest BCUT2D eigenvalue weighted by molar-refractivity contribution is 0.110. The molecule has 0 fully saturated rings. The fourth-order valence-electron chi connectivity index (χ4n) is 8.16. The van der Waals surface area contributed by atoms with Gasteiger partial charge in [-0.3, -0.25) is 9.59 Å². The van der Waals surface area contributed by atoms with Gasteiger partial charge < -0.3 is 33.6 Å². The first-order valence-corrected chi connectivity index (χ1v) is 21.0. The van der Waals surface area contributed by atoms with Gasteiger partial charge in [0.25, 0.3) is 0 Å². The summed E-state index contributed by atoms with van der Waals surface area (Å²) in [7, 11) is 8.71. The fourth-order valence-corrected chi connectivity index (χ4v) is 8.53. The predicted molar refractivity (Wildman–Crippen MR) is 253 cm³/mol. The van der Waals surface area contributed by atoms with Crippen molar-refractivity contribution >= 4 is 74.6 Å². The number of fused-ring (bicyclic) bond motifs is 2. The highest BCUT2D eigenvalue weighted by atomic mass is 35.5. The number of aromatic nitrogens is 2. The third kappa shape index (κ3) is 10.2. The molecule has 0 saturated carbocycles. The number of anilines is 1. The lowest BCUT2D eigenvalue weighted by atomic mass is 9.97. The van der Waals surface area contributed by atoms with Crippen LogP contribution in [-0.2, 0) is 20.1 Å². The van der Waals surface area contributed by atoms with Crippen LogP contribution >= 0.6 is 23.2 Å². The summed E-state index contributed by atoms with van der Waals surface area (Å²) in [5.74, 6) is 1.46. The van der Waals surface area contributed by atoms with Crippen LogP contribution in [0.25, 0.3) is 27.4 Å². The molecule has 0 aliphatic heterocycles. The van der Waals surface area contributed by atoms with E-state index >= 15 is 0 Å². The smallest absolute Gasteiger partial charge is 0.166 e. The van der Waals surface area contributed by atoms with Gasteiger partial charge in [0.1, 0.15) is 18.1 Å². The molecule has 1 N–H and O–H groups in total. The number of hydrogen-bond donors (Lipinski definition) is 1. The van der Waals surface area contributed by atoms with E-state index < -0.39 is 0 Å². The molecule has 0 aliphatic rings. The maximum absolute atomic E-state index is 13.4. The second kappa shape index (κ2) is 20.8. The van der Waals surface area contributed by atoms with E-state index in [1.807, 2.05) is 139 Å². The summed E-state index contributed by atoms with van der Waals surface area (Å²) in [6.45, 7) is 11.4. The van der Waals surface area contributed by atoms with Crippen molar-refractivity contribution in [3.63, 3.8) is 0 Å². The first-order chi connectivity index (χ1) is 29.3. The Labute approximate surface area is 369 Å². The van der Waals surface area contributed by atoms with Gasteiger partial charge in [-0.15, -0.1) is 0 Å². The van der Waals surface area contributed by atoms with Gasteiger partial charge in [0.2, 0.25) is 0 Å². The second-order valence-electron chi connectivity index (χ2n) is 15.4. The number of aliphatic hydroxyl groups excluding tert-OH is 1. The zero-order valence-corrected chi connectivity index (χ0v) is 38.4. The number of aryl methyl sites for hydroxylation is 4. The van der Waals surface area contributed by atoms with Crippen molar-refractivity contribution in [3.05, 3.63) is 128 Å². The SMILES string of the molecule is C/C=C(/C(C)=N\N(C)C)c1c(Cl)ccc2c(CCCOc3cc(C)c(Cl)c(C)c3)c(C=O)n([C@H](C)CN(C)c3cc(OCc4ccccc4)cc4cc(C=O)n(C)c34)c12.CO. The second-order valence-corrected chi connectivity index (χ2v) is 16.1. The van der Waals surface area contributed by atoms with Crippen LogP contribution in [0.2, 0.25) is 10.0 Å². The van der Waals surface area contributed by atoms with Gasteiger partial charge in [-0.05, 0) is 100 Å². The fraction of sp³-hybridized carbons (Fsp3) is 0.327. The number of halogens is 2. The quantitative estimate of drug-likeness (QED) is 0.0422. The Morgan fingerprint density at radius 1 is 0.902 bits per heavy atom. The number of aliphatic hydroxyl groups is 1. The standard InChI is InChI=1S/C48H53Cl2N5O4.CH4O/c1-10-39(33(5)51-52(6)7)45-42(49)19-18-41-40(17-14-20-58-37-21-30(2)46(50)31(3)22-37)44(28-57)55(48(41)45)32(4)26-53(8)43-25-38(59-29-34-15-12-11-13-16-34)24-35-23-36(27-56)54(9)47(35)43;1-2/h10-13,15-16,18-19,21-25,27-28,32H,14,17,20,26,29H2,1-9H3;2H,1H3/b39-10-,51-33-;/t32-;/m1./s1. The van der Waals surface area contributed by atoms with Crippen LogP contribution in [0.1, 0.15) is 82.0 Å². The molecule has 2 aromatic heterocycles. The number of carbonyl (C=O) groups excluding carboxylic acids is 2. The van der Waals surface area contributed by atoms with E-state index in [2.05, 4.69) is 16.4 Å². The molecule has 10 nitrogen and oxygen atoms in total. The highest BCUT2D eigenvalue weighted by Gasteiger charge is 2.27. The van der Waals surface area contributed by atoms with E-state index in [1.165, 1.54) is 0 Å². The summed E-state index contributed by atoms with van der Waals surface area (Å²) in [6, 6.07) is 23.5. The zero-order valence-electron chi connectivity index (χ0n) is 36.8. The van der Waals surface area contributed by atoms with E-state index in [-0.39, 0.29) is 6.04 Å². The molecule has 322 valence electrons. The van der Waals surface area contributed by atoms with E-state index in [0.29, 0.717) is 54.8 Å². The molecule has 12 heteroatoms. The predicted octanol–water partition coefficient (Wildman–Crippen LogP) is 10.9.